The maximum absolute atomic E-state index is 11.3. The Kier molecular flexibility index (Phi) is 1.27. The third kappa shape index (κ3) is 0.684. The molecular weight excluding hydrogens is 168 g/mol. The first-order chi connectivity index (χ1) is 5.77. The Morgan fingerprint density at radius 3 is 3.00 bits per heavy atom. The molecule has 5 atom stereocenters. The molecule has 3 fully saturated rings. The zero-order valence-corrected chi connectivity index (χ0v) is 9.32. The molecule has 1 saturated heterocycles. The number of ether oxygens (including phenoxy) is 1. The van der Waals surface area contributed by atoms with Crippen LogP contribution < -0.4 is 0 Å². The van der Waals surface area contributed by atoms with E-state index in [1.54, 1.807) is 0 Å². The molecule has 2 aliphatic carbocycles. The van der Waals surface area contributed by atoms with E-state index in [2.05, 4.69) is 0 Å². The SMILES string of the molecule is O=C1OCC2C3C[C@@H](CC3[SiH3])C12. The summed E-state index contributed by atoms with van der Waals surface area (Å²) in [6.45, 7) is 0.739. The van der Waals surface area contributed by atoms with Gasteiger partial charge in [0.2, 0.25) is 0 Å². The van der Waals surface area contributed by atoms with Gasteiger partial charge in [0.25, 0.3) is 0 Å². The van der Waals surface area contributed by atoms with E-state index in [4.69, 9.17) is 4.74 Å². The van der Waals surface area contributed by atoms with Crippen molar-refractivity contribution in [3.8, 4) is 0 Å². The van der Waals surface area contributed by atoms with Gasteiger partial charge in [0.05, 0.1) is 12.5 Å². The minimum atomic E-state index is 0.112. The normalized spacial score (nSPS) is 56.0. The molecule has 0 N–H and O–H groups in total. The summed E-state index contributed by atoms with van der Waals surface area (Å²) in [7, 11) is 1.31. The van der Waals surface area contributed by atoms with Crippen LogP contribution in [0.5, 0.6) is 0 Å². The second-order valence-corrected chi connectivity index (χ2v) is 6.18. The van der Waals surface area contributed by atoms with Crippen LogP contribution in [0.1, 0.15) is 12.8 Å². The lowest BCUT2D eigenvalue weighted by Crippen LogP contribution is -2.26. The number of rotatable bonds is 0. The lowest BCUT2D eigenvalue weighted by atomic mass is 9.81. The van der Waals surface area contributed by atoms with Gasteiger partial charge in [-0.1, -0.05) is 5.54 Å². The van der Waals surface area contributed by atoms with Gasteiger partial charge < -0.3 is 4.74 Å². The Hall–Kier alpha value is -0.313. The van der Waals surface area contributed by atoms with Crippen molar-refractivity contribution in [2.45, 2.75) is 18.4 Å². The van der Waals surface area contributed by atoms with Crippen molar-refractivity contribution in [1.82, 2.24) is 0 Å². The third-order valence-electron chi connectivity index (χ3n) is 4.19. The summed E-state index contributed by atoms with van der Waals surface area (Å²) in [5.74, 6) is 2.62. The Labute approximate surface area is 75.1 Å². The Morgan fingerprint density at radius 1 is 1.33 bits per heavy atom. The van der Waals surface area contributed by atoms with Crippen LogP contribution in [-0.2, 0) is 9.53 Å². The zero-order valence-electron chi connectivity index (χ0n) is 7.32. The highest BCUT2D eigenvalue weighted by Crippen LogP contribution is 2.58. The smallest absolute Gasteiger partial charge is 0.309 e. The van der Waals surface area contributed by atoms with E-state index in [0.717, 1.165) is 18.1 Å². The second kappa shape index (κ2) is 2.13. The summed E-state index contributed by atoms with van der Waals surface area (Å²) in [5, 5.41) is 0. The van der Waals surface area contributed by atoms with E-state index >= 15 is 0 Å². The molecule has 2 nitrogen and oxygen atoms in total. The number of esters is 1. The second-order valence-electron chi connectivity index (χ2n) is 4.69. The average molecular weight is 182 g/mol. The molecule has 0 radical (unpaired) electrons. The van der Waals surface area contributed by atoms with Crippen LogP contribution >= 0.6 is 0 Å². The van der Waals surface area contributed by atoms with Crippen molar-refractivity contribution in [3.05, 3.63) is 0 Å². The molecular formula is C9H14O2Si. The van der Waals surface area contributed by atoms with Crippen LogP contribution in [0, 0.1) is 23.7 Å². The first-order valence-corrected chi connectivity index (χ1v) is 6.09. The lowest BCUT2D eigenvalue weighted by molar-refractivity contribution is -0.142. The summed E-state index contributed by atoms with van der Waals surface area (Å²) >= 11 is 0. The van der Waals surface area contributed by atoms with Crippen molar-refractivity contribution in [2.75, 3.05) is 6.61 Å². The van der Waals surface area contributed by atoms with Gasteiger partial charge in [0.1, 0.15) is 0 Å². The standard InChI is InChI=1S/C9H14O2Si/c10-9-8-4-1-5(7(12)2-4)6(8)3-11-9/h4-8H,1-3H2,12H3/t4-,5?,6?,7?,8?/m0/s1. The zero-order chi connectivity index (χ0) is 8.29. The van der Waals surface area contributed by atoms with Crippen LogP contribution in [0.4, 0.5) is 0 Å². The summed E-state index contributed by atoms with van der Waals surface area (Å²) < 4.78 is 5.13. The van der Waals surface area contributed by atoms with Gasteiger partial charge in [-0.2, -0.15) is 0 Å². The van der Waals surface area contributed by atoms with Crippen molar-refractivity contribution < 1.29 is 9.53 Å². The predicted octanol–water partition coefficient (Wildman–Crippen LogP) is -0.0307. The highest BCUT2D eigenvalue weighted by atomic mass is 28.1. The molecule has 0 aromatic carbocycles. The van der Waals surface area contributed by atoms with Gasteiger partial charge in [-0.15, -0.1) is 0 Å². The van der Waals surface area contributed by atoms with Gasteiger partial charge >= 0.3 is 5.97 Å². The molecule has 12 heavy (non-hydrogen) atoms. The number of fused-ring (bicyclic) bond motifs is 5. The number of carbonyl (C=O) groups excluding carboxylic acids is 1. The Morgan fingerprint density at radius 2 is 2.17 bits per heavy atom. The van der Waals surface area contributed by atoms with Crippen LogP contribution in [0.3, 0.4) is 0 Å². The molecule has 3 aliphatic rings. The number of hydrogen-bond acceptors (Lipinski definition) is 2. The molecule has 2 bridgehead atoms. The van der Waals surface area contributed by atoms with E-state index in [-0.39, 0.29) is 5.97 Å². The lowest BCUT2D eigenvalue weighted by Gasteiger charge is -2.25. The topological polar surface area (TPSA) is 26.3 Å². The fraction of sp³-hybridized carbons (Fsp3) is 0.889. The highest BCUT2D eigenvalue weighted by Gasteiger charge is 2.57. The first-order valence-electron chi connectivity index (χ1n) is 4.94. The summed E-state index contributed by atoms with van der Waals surface area (Å²) in [6.07, 6.45) is 2.66. The molecule has 1 heterocycles. The monoisotopic (exact) mass is 182 g/mol. The molecule has 4 unspecified atom stereocenters. The first kappa shape index (κ1) is 7.13. The highest BCUT2D eigenvalue weighted by molar-refractivity contribution is 6.12. The van der Waals surface area contributed by atoms with Crippen molar-refractivity contribution in [1.29, 1.82) is 0 Å². The van der Waals surface area contributed by atoms with E-state index in [0.29, 0.717) is 17.8 Å². The third-order valence-corrected chi connectivity index (χ3v) is 5.52. The van der Waals surface area contributed by atoms with Crippen LogP contribution in [0.2, 0.25) is 5.54 Å². The minimum Gasteiger partial charge on any atom is -0.465 e. The van der Waals surface area contributed by atoms with Gasteiger partial charge in [-0.3, -0.25) is 4.79 Å². The average Bonchev–Trinajstić information content (AvgIpc) is 2.62. The maximum atomic E-state index is 11.3. The minimum absolute atomic E-state index is 0.112. The Balaban J connectivity index is 1.94. The van der Waals surface area contributed by atoms with E-state index in [1.165, 1.54) is 23.1 Å². The van der Waals surface area contributed by atoms with Gasteiger partial charge in [0, 0.05) is 16.2 Å². The quantitative estimate of drug-likeness (QED) is 0.388. The summed E-state index contributed by atoms with van der Waals surface area (Å²) in [4.78, 5) is 11.3. The molecule has 0 amide bonds. The fourth-order valence-electron chi connectivity index (χ4n) is 3.71. The maximum Gasteiger partial charge on any atom is 0.309 e. The number of carbonyl (C=O) groups is 1. The largest absolute Gasteiger partial charge is 0.465 e. The molecule has 3 heteroatoms. The molecule has 0 aromatic heterocycles. The van der Waals surface area contributed by atoms with Crippen molar-refractivity contribution in [2.24, 2.45) is 23.7 Å². The Bertz CT molecular complexity index is 241. The summed E-state index contributed by atoms with van der Waals surface area (Å²) in [6, 6.07) is 0. The fourth-order valence-corrected chi connectivity index (χ4v) is 5.08. The van der Waals surface area contributed by atoms with Gasteiger partial charge in [0.15, 0.2) is 0 Å². The van der Waals surface area contributed by atoms with Crippen molar-refractivity contribution >= 4 is 16.2 Å². The molecule has 2 saturated carbocycles. The molecule has 3 rings (SSSR count). The molecule has 0 aromatic rings. The van der Waals surface area contributed by atoms with E-state index < -0.39 is 0 Å². The van der Waals surface area contributed by atoms with E-state index in [1.807, 2.05) is 0 Å². The van der Waals surface area contributed by atoms with Crippen LogP contribution in [0.25, 0.3) is 0 Å². The summed E-state index contributed by atoms with van der Waals surface area (Å²) in [5.41, 5.74) is 0.978. The molecule has 1 aliphatic heterocycles. The number of cyclic esters (lactones) is 1. The van der Waals surface area contributed by atoms with Gasteiger partial charge in [-0.25, -0.2) is 0 Å². The molecule has 0 spiro atoms. The molecule has 66 valence electrons. The predicted molar refractivity (Wildman–Crippen MR) is 47.8 cm³/mol. The van der Waals surface area contributed by atoms with Gasteiger partial charge in [-0.05, 0) is 24.7 Å². The van der Waals surface area contributed by atoms with Crippen LogP contribution in [0.15, 0.2) is 0 Å². The van der Waals surface area contributed by atoms with E-state index in [9.17, 15) is 4.79 Å². The van der Waals surface area contributed by atoms with Crippen LogP contribution in [-0.4, -0.2) is 22.8 Å². The number of hydrogen-bond donors (Lipinski definition) is 0. The van der Waals surface area contributed by atoms with Crippen molar-refractivity contribution in [3.63, 3.8) is 0 Å².